The SMILES string of the molecule is O=C(NCC1CC1)Nc1ccc(Br)cc1Cl. The first-order chi connectivity index (χ1) is 7.65. The number of anilines is 1. The molecule has 3 nitrogen and oxygen atoms in total. The van der Waals surface area contributed by atoms with E-state index in [-0.39, 0.29) is 6.03 Å². The van der Waals surface area contributed by atoms with Gasteiger partial charge in [-0.25, -0.2) is 4.79 Å². The average Bonchev–Trinajstić information content (AvgIpc) is 3.03. The lowest BCUT2D eigenvalue weighted by atomic mass is 10.3. The van der Waals surface area contributed by atoms with Gasteiger partial charge in [-0.05, 0) is 37.0 Å². The van der Waals surface area contributed by atoms with E-state index in [1.54, 1.807) is 12.1 Å². The van der Waals surface area contributed by atoms with Gasteiger partial charge in [0.25, 0.3) is 0 Å². The first kappa shape index (κ1) is 11.7. The lowest BCUT2D eigenvalue weighted by molar-refractivity contribution is 0.251. The van der Waals surface area contributed by atoms with Crippen LogP contribution in [-0.2, 0) is 0 Å². The van der Waals surface area contributed by atoms with Crippen molar-refractivity contribution >= 4 is 39.2 Å². The highest BCUT2D eigenvalue weighted by Gasteiger charge is 2.21. The second kappa shape index (κ2) is 5.06. The molecule has 2 N–H and O–H groups in total. The molecular formula is C11H12BrClN2O. The molecule has 5 heteroatoms. The summed E-state index contributed by atoms with van der Waals surface area (Å²) in [6.07, 6.45) is 2.44. The number of hydrogen-bond donors (Lipinski definition) is 2. The van der Waals surface area contributed by atoms with Crippen LogP contribution < -0.4 is 10.6 Å². The Kier molecular flexibility index (Phi) is 3.71. The van der Waals surface area contributed by atoms with Crippen molar-refractivity contribution in [1.82, 2.24) is 5.32 Å². The molecule has 1 aliphatic rings. The Labute approximate surface area is 108 Å². The maximum absolute atomic E-state index is 11.5. The van der Waals surface area contributed by atoms with Crippen molar-refractivity contribution in [3.63, 3.8) is 0 Å². The van der Waals surface area contributed by atoms with Gasteiger partial charge in [-0.2, -0.15) is 0 Å². The van der Waals surface area contributed by atoms with Crippen LogP contribution in [0.3, 0.4) is 0 Å². The highest BCUT2D eigenvalue weighted by atomic mass is 79.9. The van der Waals surface area contributed by atoms with Gasteiger partial charge in [0.15, 0.2) is 0 Å². The fourth-order valence-corrected chi connectivity index (χ4v) is 2.04. The van der Waals surface area contributed by atoms with Gasteiger partial charge in [-0.15, -0.1) is 0 Å². The van der Waals surface area contributed by atoms with Crippen molar-refractivity contribution in [1.29, 1.82) is 0 Å². The number of carbonyl (C=O) groups is 1. The monoisotopic (exact) mass is 302 g/mol. The molecule has 0 spiro atoms. The third-order valence-corrected chi connectivity index (χ3v) is 3.23. The molecule has 0 aliphatic heterocycles. The molecule has 1 aromatic rings. The van der Waals surface area contributed by atoms with Crippen LogP contribution in [-0.4, -0.2) is 12.6 Å². The van der Waals surface area contributed by atoms with E-state index in [1.807, 2.05) is 6.07 Å². The Morgan fingerprint density at radius 3 is 2.88 bits per heavy atom. The minimum Gasteiger partial charge on any atom is -0.338 e. The Morgan fingerprint density at radius 1 is 1.50 bits per heavy atom. The van der Waals surface area contributed by atoms with Crippen LogP contribution in [0.5, 0.6) is 0 Å². The molecule has 0 saturated heterocycles. The maximum Gasteiger partial charge on any atom is 0.319 e. The summed E-state index contributed by atoms with van der Waals surface area (Å²) in [6, 6.07) is 5.15. The van der Waals surface area contributed by atoms with E-state index in [0.29, 0.717) is 16.6 Å². The van der Waals surface area contributed by atoms with Crippen molar-refractivity contribution in [3.05, 3.63) is 27.7 Å². The third-order valence-electron chi connectivity index (χ3n) is 2.43. The molecule has 0 radical (unpaired) electrons. The highest BCUT2D eigenvalue weighted by Crippen LogP contribution is 2.28. The summed E-state index contributed by atoms with van der Waals surface area (Å²) in [7, 11) is 0. The zero-order valence-electron chi connectivity index (χ0n) is 8.59. The Bertz CT molecular complexity index is 407. The first-order valence-corrected chi connectivity index (χ1v) is 6.32. The van der Waals surface area contributed by atoms with Crippen LogP contribution in [0, 0.1) is 5.92 Å². The zero-order valence-corrected chi connectivity index (χ0v) is 10.9. The number of amides is 2. The topological polar surface area (TPSA) is 41.1 Å². The summed E-state index contributed by atoms with van der Waals surface area (Å²) >= 11 is 9.28. The number of benzene rings is 1. The number of urea groups is 1. The number of hydrogen-bond acceptors (Lipinski definition) is 1. The Morgan fingerprint density at radius 2 is 2.25 bits per heavy atom. The van der Waals surface area contributed by atoms with Gasteiger partial charge in [-0.1, -0.05) is 27.5 Å². The van der Waals surface area contributed by atoms with Crippen molar-refractivity contribution in [2.24, 2.45) is 5.92 Å². The fraction of sp³-hybridized carbons (Fsp3) is 0.364. The molecular weight excluding hydrogens is 291 g/mol. The molecule has 0 aromatic heterocycles. The predicted molar refractivity (Wildman–Crippen MR) is 68.9 cm³/mol. The van der Waals surface area contributed by atoms with Crippen LogP contribution in [0.2, 0.25) is 5.02 Å². The van der Waals surface area contributed by atoms with Crippen molar-refractivity contribution in [3.8, 4) is 0 Å². The number of nitrogens with one attached hydrogen (secondary N) is 2. The molecule has 2 amide bonds. The van der Waals surface area contributed by atoms with Crippen molar-refractivity contribution < 1.29 is 4.79 Å². The summed E-state index contributed by atoms with van der Waals surface area (Å²) in [5.74, 6) is 0.672. The molecule has 0 unspecified atom stereocenters. The summed E-state index contributed by atoms with van der Waals surface area (Å²) in [6.45, 7) is 0.750. The molecule has 1 fully saturated rings. The van der Waals surface area contributed by atoms with Gasteiger partial charge in [0, 0.05) is 11.0 Å². The van der Waals surface area contributed by atoms with Gasteiger partial charge in [0.1, 0.15) is 0 Å². The number of halogens is 2. The molecule has 0 bridgehead atoms. The fourth-order valence-electron chi connectivity index (χ4n) is 1.32. The molecule has 0 heterocycles. The summed E-state index contributed by atoms with van der Waals surface area (Å²) in [5, 5.41) is 6.06. The zero-order chi connectivity index (χ0) is 11.5. The minimum absolute atomic E-state index is 0.198. The Hall–Kier alpha value is -0.740. The normalized spacial score (nSPS) is 14.6. The summed E-state index contributed by atoms with van der Waals surface area (Å²) in [5.41, 5.74) is 0.623. The van der Waals surface area contributed by atoms with Crippen molar-refractivity contribution in [2.75, 3.05) is 11.9 Å². The van der Waals surface area contributed by atoms with E-state index >= 15 is 0 Å². The lowest BCUT2D eigenvalue weighted by Crippen LogP contribution is -2.30. The lowest BCUT2D eigenvalue weighted by Gasteiger charge is -2.08. The van der Waals surface area contributed by atoms with E-state index < -0.39 is 0 Å². The number of carbonyl (C=O) groups excluding carboxylic acids is 1. The molecule has 1 aromatic carbocycles. The van der Waals surface area contributed by atoms with Crippen LogP contribution >= 0.6 is 27.5 Å². The molecule has 86 valence electrons. The Balaban J connectivity index is 1.89. The standard InChI is InChI=1S/C11H12BrClN2O/c12-8-3-4-10(9(13)5-8)15-11(16)14-6-7-1-2-7/h3-5,7H,1-2,6H2,(H2,14,15,16). The van der Waals surface area contributed by atoms with Crippen LogP contribution in [0.1, 0.15) is 12.8 Å². The second-order valence-electron chi connectivity index (χ2n) is 3.90. The maximum atomic E-state index is 11.5. The summed E-state index contributed by atoms with van der Waals surface area (Å²) < 4.78 is 0.890. The predicted octanol–water partition coefficient (Wildman–Crippen LogP) is 3.63. The molecule has 2 rings (SSSR count). The van der Waals surface area contributed by atoms with Gasteiger partial charge < -0.3 is 10.6 Å². The third kappa shape index (κ3) is 3.39. The second-order valence-corrected chi connectivity index (χ2v) is 5.23. The van der Waals surface area contributed by atoms with Gasteiger partial charge in [-0.3, -0.25) is 0 Å². The highest BCUT2D eigenvalue weighted by molar-refractivity contribution is 9.10. The minimum atomic E-state index is -0.198. The van der Waals surface area contributed by atoms with Crippen LogP contribution in [0.15, 0.2) is 22.7 Å². The average molecular weight is 304 g/mol. The van der Waals surface area contributed by atoms with E-state index in [2.05, 4.69) is 26.6 Å². The van der Waals surface area contributed by atoms with E-state index in [4.69, 9.17) is 11.6 Å². The smallest absolute Gasteiger partial charge is 0.319 e. The number of rotatable bonds is 3. The van der Waals surface area contributed by atoms with Crippen LogP contribution in [0.25, 0.3) is 0 Å². The largest absolute Gasteiger partial charge is 0.338 e. The van der Waals surface area contributed by atoms with Crippen molar-refractivity contribution in [2.45, 2.75) is 12.8 Å². The first-order valence-electron chi connectivity index (χ1n) is 5.15. The van der Waals surface area contributed by atoms with Gasteiger partial charge in [0.2, 0.25) is 0 Å². The molecule has 0 atom stereocenters. The van der Waals surface area contributed by atoms with E-state index in [0.717, 1.165) is 11.0 Å². The molecule has 1 saturated carbocycles. The molecule has 16 heavy (non-hydrogen) atoms. The van der Waals surface area contributed by atoms with Gasteiger partial charge in [0.05, 0.1) is 10.7 Å². The van der Waals surface area contributed by atoms with E-state index in [9.17, 15) is 4.79 Å². The van der Waals surface area contributed by atoms with Gasteiger partial charge >= 0.3 is 6.03 Å². The molecule has 1 aliphatic carbocycles. The van der Waals surface area contributed by atoms with Crippen LogP contribution in [0.4, 0.5) is 10.5 Å². The summed E-state index contributed by atoms with van der Waals surface area (Å²) in [4.78, 5) is 11.5. The quantitative estimate of drug-likeness (QED) is 0.879. The van der Waals surface area contributed by atoms with E-state index in [1.165, 1.54) is 12.8 Å².